The summed E-state index contributed by atoms with van der Waals surface area (Å²) in [4.78, 5) is 0. The molecule has 0 saturated carbocycles. The van der Waals surface area contributed by atoms with Crippen molar-refractivity contribution in [2.24, 2.45) is 0 Å². The third-order valence-electron chi connectivity index (χ3n) is 8.80. The van der Waals surface area contributed by atoms with Crippen LogP contribution in [0.3, 0.4) is 0 Å². The molecule has 0 aliphatic heterocycles. The van der Waals surface area contributed by atoms with Gasteiger partial charge in [0.05, 0.1) is 11.0 Å². The van der Waals surface area contributed by atoms with Crippen LogP contribution in [0.5, 0.6) is 0 Å². The summed E-state index contributed by atoms with van der Waals surface area (Å²) in [7, 11) is 0. The predicted molar refractivity (Wildman–Crippen MR) is 180 cm³/mol. The Balaban J connectivity index is 1.31. The van der Waals surface area contributed by atoms with Gasteiger partial charge in [0.25, 0.3) is 0 Å². The molecule has 202 valence electrons. The lowest BCUT2D eigenvalue weighted by Crippen LogP contribution is -2.01. The van der Waals surface area contributed by atoms with E-state index >= 15 is 0 Å². The van der Waals surface area contributed by atoms with Crippen molar-refractivity contribution in [1.82, 2.24) is 4.57 Å². The lowest BCUT2D eigenvalue weighted by atomic mass is 9.97. The van der Waals surface area contributed by atoms with Gasteiger partial charge in [0.15, 0.2) is 0 Å². The van der Waals surface area contributed by atoms with Crippen molar-refractivity contribution in [3.63, 3.8) is 0 Å². The molecule has 2 heteroatoms. The monoisotopic (exact) mass is 549 g/mol. The van der Waals surface area contributed by atoms with Gasteiger partial charge in [-0.25, -0.2) is 0 Å². The van der Waals surface area contributed by atoms with Crippen LogP contribution >= 0.6 is 0 Å². The molecule has 2 nitrogen and oxygen atoms in total. The highest BCUT2D eigenvalue weighted by atomic mass is 16.3. The van der Waals surface area contributed by atoms with Crippen LogP contribution in [0.25, 0.3) is 71.3 Å². The van der Waals surface area contributed by atoms with Crippen molar-refractivity contribution < 1.29 is 4.42 Å². The van der Waals surface area contributed by atoms with Crippen LogP contribution in [-0.2, 0) is 6.42 Å². The summed E-state index contributed by atoms with van der Waals surface area (Å²) in [6, 6.07) is 54.6. The van der Waals surface area contributed by atoms with E-state index in [1.807, 2.05) is 12.1 Å². The van der Waals surface area contributed by atoms with Crippen molar-refractivity contribution in [1.29, 1.82) is 0 Å². The fraction of sp³-hybridized carbons (Fsp3) is 0.0244. The van der Waals surface area contributed by atoms with Crippen molar-refractivity contribution in [3.8, 4) is 17.0 Å². The molecular formula is C41H27NO. The van der Waals surface area contributed by atoms with Crippen LogP contribution in [0.2, 0.25) is 0 Å². The van der Waals surface area contributed by atoms with Crippen LogP contribution in [0.1, 0.15) is 11.1 Å². The largest absolute Gasteiger partial charge is 0.456 e. The van der Waals surface area contributed by atoms with Crippen LogP contribution < -0.4 is 0 Å². The zero-order valence-electron chi connectivity index (χ0n) is 23.5. The molecule has 0 N–H and O–H groups in total. The van der Waals surface area contributed by atoms with Crippen LogP contribution in [0.15, 0.2) is 156 Å². The van der Waals surface area contributed by atoms with Gasteiger partial charge in [0.1, 0.15) is 11.3 Å². The van der Waals surface area contributed by atoms with Gasteiger partial charge in [-0.2, -0.15) is 0 Å². The molecule has 0 atom stereocenters. The number of hydrogen-bond acceptors (Lipinski definition) is 1. The third kappa shape index (κ3) is 3.88. The SMILES string of the molecule is c1ccc2cc(Cc3cc(-c4cc5ccccc5o4)ccc3-n3c4ccccc4c4c5ccccc5ccc43)ccc2c1. The molecule has 0 aliphatic rings. The first-order valence-electron chi connectivity index (χ1n) is 14.8. The third-order valence-corrected chi connectivity index (χ3v) is 8.80. The number of rotatable bonds is 4. The highest BCUT2D eigenvalue weighted by Gasteiger charge is 2.18. The Morgan fingerprint density at radius 3 is 2.09 bits per heavy atom. The summed E-state index contributed by atoms with van der Waals surface area (Å²) in [5.41, 5.74) is 8.15. The molecule has 0 spiro atoms. The number of nitrogens with zero attached hydrogens (tertiary/aromatic N) is 1. The lowest BCUT2D eigenvalue weighted by molar-refractivity contribution is 0.631. The second-order valence-electron chi connectivity index (χ2n) is 11.4. The Kier molecular flexibility index (Phi) is 5.30. The van der Waals surface area contributed by atoms with Crippen molar-refractivity contribution in [3.05, 3.63) is 163 Å². The van der Waals surface area contributed by atoms with Gasteiger partial charge in [-0.05, 0) is 81.6 Å². The summed E-state index contributed by atoms with van der Waals surface area (Å²) in [6.45, 7) is 0. The van der Waals surface area contributed by atoms with E-state index in [1.54, 1.807) is 0 Å². The fourth-order valence-corrected chi connectivity index (χ4v) is 6.79. The van der Waals surface area contributed by atoms with E-state index in [0.29, 0.717) is 0 Å². The van der Waals surface area contributed by atoms with E-state index in [-0.39, 0.29) is 0 Å². The highest BCUT2D eigenvalue weighted by Crippen LogP contribution is 2.39. The molecule has 0 bridgehead atoms. The standard InChI is InChI=1S/C41H27NO/c1-2-11-30-23-27(17-18-28(30)9-1)24-33-25-32(40-26-31-12-4-8-16-39(31)43-40)20-21-36(33)42-37-15-7-6-14-35(37)41-34-13-5-3-10-29(34)19-22-38(41)42/h1-23,25-26H,24H2. The summed E-state index contributed by atoms with van der Waals surface area (Å²) in [5.74, 6) is 0.890. The number of para-hydroxylation sites is 2. The van der Waals surface area contributed by atoms with E-state index in [0.717, 1.165) is 28.7 Å². The summed E-state index contributed by atoms with van der Waals surface area (Å²) < 4.78 is 8.78. The Hall–Kier alpha value is -5.60. The van der Waals surface area contributed by atoms with Crippen molar-refractivity contribution in [2.75, 3.05) is 0 Å². The Labute approximate surface area is 249 Å². The normalized spacial score (nSPS) is 11.8. The van der Waals surface area contributed by atoms with Gasteiger partial charge in [-0.1, -0.05) is 109 Å². The molecular weight excluding hydrogens is 522 g/mol. The summed E-state index contributed by atoms with van der Waals surface area (Å²) >= 11 is 0. The zero-order valence-corrected chi connectivity index (χ0v) is 23.5. The minimum Gasteiger partial charge on any atom is -0.456 e. The Bertz CT molecular complexity index is 2460. The first kappa shape index (κ1) is 24.0. The Morgan fingerprint density at radius 1 is 0.488 bits per heavy atom. The first-order chi connectivity index (χ1) is 21.3. The molecule has 0 radical (unpaired) electrons. The maximum absolute atomic E-state index is 6.33. The maximum Gasteiger partial charge on any atom is 0.135 e. The fourth-order valence-electron chi connectivity index (χ4n) is 6.79. The minimum absolute atomic E-state index is 0.801. The maximum atomic E-state index is 6.33. The number of furan rings is 1. The number of aromatic nitrogens is 1. The smallest absolute Gasteiger partial charge is 0.135 e. The molecule has 9 aromatic rings. The van der Waals surface area contributed by atoms with Gasteiger partial charge in [-0.15, -0.1) is 0 Å². The average Bonchev–Trinajstić information content (AvgIpc) is 3.65. The molecule has 0 amide bonds. The molecule has 2 aromatic heterocycles. The van der Waals surface area contributed by atoms with Crippen molar-refractivity contribution in [2.45, 2.75) is 6.42 Å². The van der Waals surface area contributed by atoms with E-state index in [4.69, 9.17) is 4.42 Å². The molecule has 0 aliphatic carbocycles. The number of hydrogen-bond donors (Lipinski definition) is 0. The molecule has 0 saturated heterocycles. The second kappa shape index (κ2) is 9.47. The average molecular weight is 550 g/mol. The molecule has 7 aromatic carbocycles. The van der Waals surface area contributed by atoms with E-state index < -0.39 is 0 Å². The summed E-state index contributed by atoms with van der Waals surface area (Å²) in [5, 5.41) is 8.75. The van der Waals surface area contributed by atoms with Gasteiger partial charge >= 0.3 is 0 Å². The van der Waals surface area contributed by atoms with Gasteiger partial charge in [0.2, 0.25) is 0 Å². The molecule has 9 rings (SSSR count). The molecule has 0 fully saturated rings. The lowest BCUT2D eigenvalue weighted by Gasteiger charge is -2.16. The molecule has 43 heavy (non-hydrogen) atoms. The zero-order chi connectivity index (χ0) is 28.3. The highest BCUT2D eigenvalue weighted by molar-refractivity contribution is 6.21. The quantitative estimate of drug-likeness (QED) is 0.213. The first-order valence-corrected chi connectivity index (χ1v) is 14.8. The minimum atomic E-state index is 0.801. The van der Waals surface area contributed by atoms with Crippen LogP contribution in [0.4, 0.5) is 0 Å². The van der Waals surface area contributed by atoms with Gasteiger partial charge in [0, 0.05) is 27.4 Å². The topological polar surface area (TPSA) is 18.1 Å². The van der Waals surface area contributed by atoms with E-state index in [2.05, 4.69) is 144 Å². The van der Waals surface area contributed by atoms with Gasteiger partial charge < -0.3 is 8.98 Å². The Morgan fingerprint density at radius 2 is 1.21 bits per heavy atom. The van der Waals surface area contributed by atoms with E-state index in [1.165, 1.54) is 60.2 Å². The van der Waals surface area contributed by atoms with Gasteiger partial charge in [-0.3, -0.25) is 0 Å². The van der Waals surface area contributed by atoms with E-state index in [9.17, 15) is 0 Å². The number of fused-ring (bicyclic) bond motifs is 7. The van der Waals surface area contributed by atoms with Crippen molar-refractivity contribution >= 4 is 54.3 Å². The molecule has 0 unspecified atom stereocenters. The van der Waals surface area contributed by atoms with Crippen LogP contribution in [0, 0.1) is 0 Å². The molecule has 2 heterocycles. The second-order valence-corrected chi connectivity index (χ2v) is 11.4. The number of benzene rings is 7. The predicted octanol–water partition coefficient (Wildman–Crippen LogP) is 11.1. The summed E-state index contributed by atoms with van der Waals surface area (Å²) in [6.07, 6.45) is 0.801. The van der Waals surface area contributed by atoms with Crippen LogP contribution in [-0.4, -0.2) is 4.57 Å².